The van der Waals surface area contributed by atoms with Crippen LogP contribution < -0.4 is 5.32 Å². The quantitative estimate of drug-likeness (QED) is 0.796. The van der Waals surface area contributed by atoms with Gasteiger partial charge in [-0.1, -0.05) is 13.8 Å². The van der Waals surface area contributed by atoms with Crippen LogP contribution in [-0.2, 0) is 4.79 Å². The average Bonchev–Trinajstić information content (AvgIpc) is 2.93. The monoisotopic (exact) mass is 242 g/mol. The Bertz CT molecular complexity index is 247. The molecule has 1 N–H and O–H groups in total. The lowest BCUT2D eigenvalue weighted by Crippen LogP contribution is -2.46. The number of carbonyl (C=O) groups is 1. The zero-order chi connectivity index (χ0) is 11.5. The first-order chi connectivity index (χ1) is 7.68. The van der Waals surface area contributed by atoms with Crippen LogP contribution in [0.25, 0.3) is 0 Å². The van der Waals surface area contributed by atoms with E-state index in [0.29, 0.717) is 17.9 Å². The van der Waals surface area contributed by atoms with Crippen LogP contribution in [0.5, 0.6) is 0 Å². The molecule has 0 radical (unpaired) electrons. The van der Waals surface area contributed by atoms with Crippen LogP contribution in [0.4, 0.5) is 0 Å². The van der Waals surface area contributed by atoms with Crippen LogP contribution in [0.15, 0.2) is 0 Å². The van der Waals surface area contributed by atoms with E-state index in [2.05, 4.69) is 24.1 Å². The van der Waals surface area contributed by atoms with Crippen molar-refractivity contribution in [3.63, 3.8) is 0 Å². The summed E-state index contributed by atoms with van der Waals surface area (Å²) in [4.78, 5) is 14.4. The van der Waals surface area contributed by atoms with Gasteiger partial charge in [-0.25, -0.2) is 0 Å². The number of hydrogen-bond donors (Lipinski definition) is 1. The first kappa shape index (κ1) is 12.2. The van der Waals surface area contributed by atoms with Gasteiger partial charge in [0.05, 0.1) is 6.04 Å². The molecule has 4 heteroatoms. The van der Waals surface area contributed by atoms with Gasteiger partial charge >= 0.3 is 0 Å². The van der Waals surface area contributed by atoms with Crippen LogP contribution in [0.3, 0.4) is 0 Å². The van der Waals surface area contributed by atoms with Gasteiger partial charge in [0.15, 0.2) is 0 Å². The van der Waals surface area contributed by atoms with Gasteiger partial charge in [0, 0.05) is 24.2 Å². The summed E-state index contributed by atoms with van der Waals surface area (Å²) in [6, 6.07) is 0.636. The Labute approximate surface area is 102 Å². The maximum atomic E-state index is 12.3. The fraction of sp³-hybridized carbons (Fsp3) is 0.917. The summed E-state index contributed by atoms with van der Waals surface area (Å²) in [6.45, 7) is 5.39. The smallest absolute Gasteiger partial charge is 0.240 e. The van der Waals surface area contributed by atoms with E-state index in [9.17, 15) is 4.79 Å². The SMILES string of the molecule is CC(C)CCN(C(=O)C1CSCN1)C1CC1. The molecule has 1 aliphatic heterocycles. The lowest BCUT2D eigenvalue weighted by molar-refractivity contribution is -0.133. The number of nitrogens with one attached hydrogen (secondary N) is 1. The summed E-state index contributed by atoms with van der Waals surface area (Å²) in [7, 11) is 0. The van der Waals surface area contributed by atoms with Crippen LogP contribution in [0, 0.1) is 5.92 Å². The van der Waals surface area contributed by atoms with Crippen LogP contribution in [0.1, 0.15) is 33.1 Å². The predicted octanol–water partition coefficient (Wildman–Crippen LogP) is 1.69. The van der Waals surface area contributed by atoms with Gasteiger partial charge in [-0.2, -0.15) is 0 Å². The Balaban J connectivity index is 1.87. The molecule has 0 spiro atoms. The lowest BCUT2D eigenvalue weighted by Gasteiger charge is -2.26. The van der Waals surface area contributed by atoms with Crippen molar-refractivity contribution in [3.8, 4) is 0 Å². The molecule has 1 heterocycles. The number of amides is 1. The molecule has 1 saturated heterocycles. The van der Waals surface area contributed by atoms with Crippen LogP contribution in [0.2, 0.25) is 0 Å². The Morgan fingerprint density at radius 3 is 2.75 bits per heavy atom. The number of rotatable bonds is 5. The van der Waals surface area contributed by atoms with E-state index >= 15 is 0 Å². The minimum absolute atomic E-state index is 0.0813. The van der Waals surface area contributed by atoms with Crippen LogP contribution in [-0.4, -0.2) is 41.1 Å². The highest BCUT2D eigenvalue weighted by Gasteiger charge is 2.36. The van der Waals surface area contributed by atoms with Crippen molar-refractivity contribution in [2.24, 2.45) is 5.92 Å². The van der Waals surface area contributed by atoms with Crippen molar-refractivity contribution in [1.82, 2.24) is 10.2 Å². The first-order valence-electron chi connectivity index (χ1n) is 6.30. The second-order valence-corrected chi connectivity index (χ2v) is 6.25. The summed E-state index contributed by atoms with van der Waals surface area (Å²) < 4.78 is 0. The normalized spacial score (nSPS) is 25.1. The van der Waals surface area contributed by atoms with Gasteiger partial charge in [-0.15, -0.1) is 11.8 Å². The standard InChI is InChI=1S/C12H22N2OS/c1-9(2)5-6-14(10-3-4-10)12(15)11-7-16-8-13-11/h9-11,13H,3-8H2,1-2H3. The van der Waals surface area contributed by atoms with Crippen molar-refractivity contribution in [2.45, 2.75) is 45.2 Å². The molecular formula is C12H22N2OS. The minimum Gasteiger partial charge on any atom is -0.338 e. The predicted molar refractivity (Wildman–Crippen MR) is 68.4 cm³/mol. The Kier molecular flexibility index (Phi) is 4.14. The van der Waals surface area contributed by atoms with E-state index < -0.39 is 0 Å². The molecular weight excluding hydrogens is 220 g/mol. The molecule has 0 aromatic carbocycles. The number of nitrogens with zero attached hydrogens (tertiary/aromatic N) is 1. The molecule has 2 fully saturated rings. The molecule has 0 aromatic rings. The van der Waals surface area contributed by atoms with Crippen molar-refractivity contribution < 1.29 is 4.79 Å². The minimum atomic E-state index is 0.0813. The molecule has 1 aliphatic carbocycles. The van der Waals surface area contributed by atoms with Crippen LogP contribution >= 0.6 is 11.8 Å². The molecule has 1 amide bonds. The molecule has 16 heavy (non-hydrogen) atoms. The zero-order valence-corrected chi connectivity index (χ0v) is 11.1. The number of thioether (sulfide) groups is 1. The van der Waals surface area contributed by atoms with Gasteiger partial charge < -0.3 is 4.90 Å². The maximum absolute atomic E-state index is 12.3. The summed E-state index contributed by atoms with van der Waals surface area (Å²) in [6.07, 6.45) is 3.55. The fourth-order valence-corrected chi connectivity index (χ4v) is 2.94. The van der Waals surface area contributed by atoms with E-state index in [4.69, 9.17) is 0 Å². The Morgan fingerprint density at radius 2 is 2.25 bits per heavy atom. The molecule has 2 aliphatic rings. The maximum Gasteiger partial charge on any atom is 0.240 e. The van der Waals surface area contributed by atoms with Gasteiger partial charge in [0.1, 0.15) is 0 Å². The highest BCUT2D eigenvalue weighted by molar-refractivity contribution is 7.99. The van der Waals surface area contributed by atoms with Gasteiger partial charge in [0.2, 0.25) is 5.91 Å². The highest BCUT2D eigenvalue weighted by Crippen LogP contribution is 2.29. The zero-order valence-electron chi connectivity index (χ0n) is 10.2. The van der Waals surface area contributed by atoms with E-state index in [1.165, 1.54) is 12.8 Å². The summed E-state index contributed by atoms with van der Waals surface area (Å²) in [5.41, 5.74) is 0. The largest absolute Gasteiger partial charge is 0.338 e. The average molecular weight is 242 g/mol. The number of carbonyl (C=O) groups excluding carboxylic acids is 1. The molecule has 1 atom stereocenters. The van der Waals surface area contributed by atoms with Crippen molar-refractivity contribution in [1.29, 1.82) is 0 Å². The van der Waals surface area contributed by atoms with E-state index in [0.717, 1.165) is 24.6 Å². The van der Waals surface area contributed by atoms with E-state index in [1.807, 2.05) is 11.8 Å². The molecule has 3 nitrogen and oxygen atoms in total. The second-order valence-electron chi connectivity index (χ2n) is 5.22. The third-order valence-electron chi connectivity index (χ3n) is 3.23. The fourth-order valence-electron chi connectivity index (χ4n) is 2.01. The Hall–Kier alpha value is -0.220. The lowest BCUT2D eigenvalue weighted by atomic mass is 10.1. The van der Waals surface area contributed by atoms with E-state index in [-0.39, 0.29) is 6.04 Å². The van der Waals surface area contributed by atoms with Crippen molar-refractivity contribution in [3.05, 3.63) is 0 Å². The molecule has 92 valence electrons. The van der Waals surface area contributed by atoms with Crippen molar-refractivity contribution >= 4 is 17.7 Å². The molecule has 0 aromatic heterocycles. The Morgan fingerprint density at radius 1 is 1.50 bits per heavy atom. The molecule has 0 bridgehead atoms. The third kappa shape index (κ3) is 3.14. The first-order valence-corrected chi connectivity index (χ1v) is 7.45. The second kappa shape index (κ2) is 5.41. The van der Waals surface area contributed by atoms with Gasteiger partial charge in [0.25, 0.3) is 0 Å². The van der Waals surface area contributed by atoms with Gasteiger partial charge in [-0.05, 0) is 25.2 Å². The van der Waals surface area contributed by atoms with Gasteiger partial charge in [-0.3, -0.25) is 10.1 Å². The van der Waals surface area contributed by atoms with E-state index in [1.54, 1.807) is 0 Å². The third-order valence-corrected chi connectivity index (χ3v) is 4.17. The highest BCUT2D eigenvalue weighted by atomic mass is 32.2. The summed E-state index contributed by atoms with van der Waals surface area (Å²) in [5, 5.41) is 3.28. The summed E-state index contributed by atoms with van der Waals surface area (Å²) >= 11 is 1.83. The van der Waals surface area contributed by atoms with Crippen molar-refractivity contribution in [2.75, 3.05) is 18.2 Å². The summed E-state index contributed by atoms with van der Waals surface area (Å²) in [5.74, 6) is 2.90. The topological polar surface area (TPSA) is 32.3 Å². The number of hydrogen-bond acceptors (Lipinski definition) is 3. The molecule has 1 unspecified atom stereocenters. The molecule has 1 saturated carbocycles. The molecule has 2 rings (SSSR count).